The fourth-order valence-electron chi connectivity index (χ4n) is 2.15. The Bertz CT molecular complexity index is 945. The molecule has 0 aliphatic carbocycles. The van der Waals surface area contributed by atoms with Crippen LogP contribution in [0.3, 0.4) is 0 Å². The summed E-state index contributed by atoms with van der Waals surface area (Å²) in [6.45, 7) is 0. The van der Waals surface area contributed by atoms with E-state index in [0.29, 0.717) is 28.7 Å². The fraction of sp³-hybridized carbons (Fsp3) is 0. The van der Waals surface area contributed by atoms with Gasteiger partial charge in [-0.05, 0) is 36.4 Å². The molecular weight excluding hydrogens is 397 g/mol. The molecule has 1 aromatic heterocycles. The third-order valence-corrected chi connectivity index (χ3v) is 4.79. The van der Waals surface area contributed by atoms with E-state index >= 15 is 0 Å². The van der Waals surface area contributed by atoms with Gasteiger partial charge in [0.1, 0.15) is 17.0 Å². The average Bonchev–Trinajstić information content (AvgIpc) is 2.54. The molecule has 10 heteroatoms. The second kappa shape index (κ2) is 5.55. The smallest absolute Gasteiger partial charge is 0.310 e. The van der Waals surface area contributed by atoms with E-state index in [1.165, 1.54) is 6.33 Å². The van der Waals surface area contributed by atoms with Gasteiger partial charge in [-0.3, -0.25) is 0 Å². The Hall–Kier alpha value is -2.39. The van der Waals surface area contributed by atoms with Gasteiger partial charge in [0.05, 0.1) is 5.69 Å². The quantitative estimate of drug-likeness (QED) is 0.465. The summed E-state index contributed by atoms with van der Waals surface area (Å²) in [5, 5.41) is 3.31. The average molecular weight is 408 g/mol. The Morgan fingerprint density at radius 1 is 0.808 bits per heavy atom. The van der Waals surface area contributed by atoms with Gasteiger partial charge in [-0.2, -0.15) is 0 Å². The third-order valence-electron chi connectivity index (χ3n) is 3.38. The van der Waals surface area contributed by atoms with E-state index < -0.39 is 15.1 Å². The van der Waals surface area contributed by atoms with E-state index in [-0.39, 0.29) is 5.69 Å². The molecule has 26 heavy (non-hydrogen) atoms. The first-order valence-corrected chi connectivity index (χ1v) is 9.43. The van der Waals surface area contributed by atoms with Crippen LogP contribution in [-0.2, 0) is 0 Å². The van der Waals surface area contributed by atoms with Crippen molar-refractivity contribution in [1.82, 2.24) is 9.97 Å². The van der Waals surface area contributed by atoms with Crippen LogP contribution in [0.25, 0.3) is 11.3 Å². The fourth-order valence-corrected chi connectivity index (χ4v) is 2.92. The van der Waals surface area contributed by atoms with Crippen molar-refractivity contribution in [2.24, 2.45) is 0 Å². The highest BCUT2D eigenvalue weighted by Gasteiger charge is 2.65. The molecule has 1 heterocycles. The predicted molar refractivity (Wildman–Crippen MR) is 93.6 cm³/mol. The van der Waals surface area contributed by atoms with Gasteiger partial charge in [0, 0.05) is 22.3 Å². The molecule has 0 aliphatic heterocycles. The normalized spacial score (nSPS) is 14.4. The summed E-state index contributed by atoms with van der Waals surface area (Å²) in [6, 6.07) is 10.9. The van der Waals surface area contributed by atoms with Crippen LogP contribution in [-0.4, -0.2) is 9.97 Å². The van der Waals surface area contributed by atoms with Crippen molar-refractivity contribution >= 4 is 33.3 Å². The Morgan fingerprint density at radius 2 is 1.42 bits per heavy atom. The number of hydrogen-bond donors (Lipinski definition) is 1. The van der Waals surface area contributed by atoms with Crippen LogP contribution < -0.4 is 5.32 Å². The Kier molecular flexibility index (Phi) is 3.93. The van der Waals surface area contributed by atoms with Gasteiger partial charge in [0.2, 0.25) is 0 Å². The monoisotopic (exact) mass is 407 g/mol. The molecule has 1 N–H and O–H groups in total. The standard InChI is InChI=1S/C16H11ClF5N3S/c17-12-3-1-11(2-4-12)15-9-16(24-10-23-15)25-13-5-7-14(8-6-13)26(18,19,20,21)22/h1-10H,(H,23,24,25). The van der Waals surface area contributed by atoms with Crippen LogP contribution in [0.5, 0.6) is 0 Å². The first-order chi connectivity index (χ1) is 11.9. The first kappa shape index (κ1) is 18.4. The van der Waals surface area contributed by atoms with Crippen LogP contribution in [0.1, 0.15) is 0 Å². The van der Waals surface area contributed by atoms with E-state index in [2.05, 4.69) is 15.3 Å². The van der Waals surface area contributed by atoms with Gasteiger partial charge in [0.15, 0.2) is 0 Å². The molecule has 3 aromatic rings. The van der Waals surface area contributed by atoms with Gasteiger partial charge in [-0.25, -0.2) is 9.97 Å². The van der Waals surface area contributed by atoms with Gasteiger partial charge < -0.3 is 5.32 Å². The number of anilines is 2. The number of nitrogens with one attached hydrogen (secondary N) is 1. The number of aromatic nitrogens is 2. The zero-order valence-electron chi connectivity index (χ0n) is 12.8. The van der Waals surface area contributed by atoms with Gasteiger partial charge in [0.25, 0.3) is 0 Å². The molecule has 0 unspecified atom stereocenters. The van der Waals surface area contributed by atoms with E-state index in [4.69, 9.17) is 11.6 Å². The number of hydrogen-bond acceptors (Lipinski definition) is 3. The molecule has 0 spiro atoms. The van der Waals surface area contributed by atoms with Crippen molar-refractivity contribution in [1.29, 1.82) is 0 Å². The molecule has 2 aromatic carbocycles. The number of halogens is 6. The summed E-state index contributed by atoms with van der Waals surface area (Å²) < 4.78 is 63.6. The number of nitrogens with zero attached hydrogens (tertiary/aromatic N) is 2. The van der Waals surface area contributed by atoms with Crippen LogP contribution in [0.4, 0.5) is 30.9 Å². The van der Waals surface area contributed by atoms with Crippen LogP contribution >= 0.6 is 21.8 Å². The van der Waals surface area contributed by atoms with E-state index in [9.17, 15) is 19.4 Å². The van der Waals surface area contributed by atoms with Crippen molar-refractivity contribution in [3.63, 3.8) is 0 Å². The van der Waals surface area contributed by atoms with E-state index in [1.54, 1.807) is 30.3 Å². The Balaban J connectivity index is 1.84. The maximum absolute atomic E-state index is 12.7. The molecule has 138 valence electrons. The second-order valence-corrected chi connectivity index (χ2v) is 8.26. The van der Waals surface area contributed by atoms with Crippen LogP contribution in [0.2, 0.25) is 5.02 Å². The molecule has 3 rings (SSSR count). The molecule has 0 saturated carbocycles. The highest BCUT2D eigenvalue weighted by atomic mass is 35.5. The van der Waals surface area contributed by atoms with Gasteiger partial charge in [-0.15, -0.1) is 0 Å². The van der Waals surface area contributed by atoms with Crippen molar-refractivity contribution in [3.05, 3.63) is 65.9 Å². The molecule has 0 radical (unpaired) electrons. The number of benzene rings is 2. The minimum atomic E-state index is -9.68. The van der Waals surface area contributed by atoms with Gasteiger partial charge in [-0.1, -0.05) is 43.2 Å². The molecule has 0 saturated heterocycles. The van der Waals surface area contributed by atoms with Crippen molar-refractivity contribution in [3.8, 4) is 11.3 Å². The Morgan fingerprint density at radius 3 is 2.00 bits per heavy atom. The lowest BCUT2D eigenvalue weighted by molar-refractivity contribution is 0.364. The van der Waals surface area contributed by atoms with Crippen LogP contribution in [0.15, 0.2) is 65.8 Å². The maximum Gasteiger partial charge on any atom is 0.310 e. The maximum atomic E-state index is 12.7. The number of rotatable bonds is 4. The summed E-state index contributed by atoms with van der Waals surface area (Å²) in [7, 11) is -9.68. The molecular formula is C16H11ClF5N3S. The van der Waals surface area contributed by atoms with E-state index in [1.807, 2.05) is 0 Å². The largest absolute Gasteiger partial charge is 0.340 e. The lowest BCUT2D eigenvalue weighted by atomic mass is 10.1. The molecule has 3 nitrogen and oxygen atoms in total. The lowest BCUT2D eigenvalue weighted by Crippen LogP contribution is -2.05. The first-order valence-electron chi connectivity index (χ1n) is 7.10. The third kappa shape index (κ3) is 4.41. The molecule has 0 atom stereocenters. The SMILES string of the molecule is FS(F)(F)(F)(F)c1ccc(Nc2cc(-c3ccc(Cl)cc3)ncn2)cc1. The summed E-state index contributed by atoms with van der Waals surface area (Å²) in [5.41, 5.74) is 1.50. The topological polar surface area (TPSA) is 37.8 Å². The van der Waals surface area contributed by atoms with Gasteiger partial charge >= 0.3 is 10.2 Å². The predicted octanol–water partition coefficient (Wildman–Crippen LogP) is 7.20. The van der Waals surface area contributed by atoms with Crippen molar-refractivity contribution in [2.75, 3.05) is 5.32 Å². The Labute approximate surface area is 150 Å². The highest BCUT2D eigenvalue weighted by Crippen LogP contribution is 3.02. The van der Waals surface area contributed by atoms with E-state index in [0.717, 1.165) is 17.7 Å². The zero-order valence-corrected chi connectivity index (χ0v) is 14.4. The summed E-state index contributed by atoms with van der Waals surface area (Å²) in [4.78, 5) is 6.13. The molecule has 0 amide bonds. The highest BCUT2D eigenvalue weighted by molar-refractivity contribution is 8.45. The second-order valence-electron chi connectivity index (χ2n) is 5.41. The molecule has 0 fully saturated rings. The summed E-state index contributed by atoms with van der Waals surface area (Å²) >= 11 is 5.83. The molecule has 0 aliphatic rings. The zero-order chi connectivity index (χ0) is 19.1. The van der Waals surface area contributed by atoms with Crippen molar-refractivity contribution < 1.29 is 19.4 Å². The van der Waals surface area contributed by atoms with Crippen molar-refractivity contribution in [2.45, 2.75) is 4.90 Å². The molecule has 0 bridgehead atoms. The lowest BCUT2D eigenvalue weighted by Gasteiger charge is -2.40. The van der Waals surface area contributed by atoms with Crippen LogP contribution in [0, 0.1) is 0 Å². The minimum Gasteiger partial charge on any atom is -0.340 e. The summed E-state index contributed by atoms with van der Waals surface area (Å²) in [5.74, 6) is 0.296. The minimum absolute atomic E-state index is 0.177. The summed E-state index contributed by atoms with van der Waals surface area (Å²) in [6.07, 6.45) is 1.27.